The number of ether oxygens (including phenoxy) is 1. The van der Waals surface area contributed by atoms with Crippen LogP contribution in [0.5, 0.6) is 5.75 Å². The first-order chi connectivity index (χ1) is 13.0. The highest BCUT2D eigenvalue weighted by atomic mass is 32.2. The van der Waals surface area contributed by atoms with E-state index in [0.717, 1.165) is 30.2 Å². The van der Waals surface area contributed by atoms with Gasteiger partial charge in [0, 0.05) is 43.0 Å². The fraction of sp³-hybridized carbons (Fsp3) is 0.474. The maximum Gasteiger partial charge on any atom is 0.273 e. The van der Waals surface area contributed by atoms with Crippen molar-refractivity contribution in [1.29, 1.82) is 0 Å². The number of benzene rings is 1. The topological polar surface area (TPSA) is 88.2 Å². The molecule has 8 heteroatoms. The number of nitrogens with zero attached hydrogens (tertiary/aromatic N) is 3. The lowest BCUT2D eigenvalue weighted by molar-refractivity contribution is -0.130. The Balaban J connectivity index is 1.67. The lowest BCUT2D eigenvalue weighted by atomic mass is 10.2. The van der Waals surface area contributed by atoms with E-state index < -0.39 is 0 Å². The van der Waals surface area contributed by atoms with Gasteiger partial charge in [-0.2, -0.15) is 11.8 Å². The van der Waals surface area contributed by atoms with E-state index in [1.807, 2.05) is 54.8 Å². The average Bonchev–Trinajstić information content (AvgIpc) is 2.67. The van der Waals surface area contributed by atoms with Crippen molar-refractivity contribution in [2.45, 2.75) is 32.8 Å². The minimum atomic E-state index is -0.308. The van der Waals surface area contributed by atoms with E-state index in [0.29, 0.717) is 18.0 Å². The molecule has 0 radical (unpaired) electrons. The molecule has 1 fully saturated rings. The Morgan fingerprint density at radius 2 is 2.07 bits per heavy atom. The molecule has 1 saturated heterocycles. The zero-order chi connectivity index (χ0) is 19.2. The van der Waals surface area contributed by atoms with Crippen LogP contribution < -0.4 is 10.3 Å². The quantitative estimate of drug-likeness (QED) is 0.816. The summed E-state index contributed by atoms with van der Waals surface area (Å²) in [6.45, 7) is 5.46. The summed E-state index contributed by atoms with van der Waals surface area (Å²) in [6.07, 6.45) is 0.630. The number of hydrogen-bond donors (Lipinski definition) is 1. The average molecular weight is 388 g/mol. The molecule has 1 aliphatic rings. The molecule has 1 amide bonds. The first kappa shape index (κ1) is 19.4. The first-order valence-electron chi connectivity index (χ1n) is 9.11. The third-order valence-corrected chi connectivity index (χ3v) is 5.13. The summed E-state index contributed by atoms with van der Waals surface area (Å²) in [5, 5.41) is 8.18. The third kappa shape index (κ3) is 5.32. The summed E-state index contributed by atoms with van der Waals surface area (Å²) in [4.78, 5) is 29.2. The van der Waals surface area contributed by atoms with Crippen LogP contribution in [0, 0.1) is 0 Å². The molecule has 0 unspecified atom stereocenters. The van der Waals surface area contributed by atoms with Crippen molar-refractivity contribution < 1.29 is 9.53 Å². The molecule has 7 nitrogen and oxygen atoms in total. The third-order valence-electron chi connectivity index (χ3n) is 4.18. The van der Waals surface area contributed by atoms with E-state index in [9.17, 15) is 9.59 Å². The predicted octanol–water partition coefficient (Wildman–Crippen LogP) is 2.13. The number of nitrogens with one attached hydrogen (secondary N) is 1. The van der Waals surface area contributed by atoms with Gasteiger partial charge in [-0.3, -0.25) is 9.59 Å². The molecule has 2 heterocycles. The van der Waals surface area contributed by atoms with E-state index in [1.165, 1.54) is 0 Å². The number of aromatic amines is 1. The molecule has 3 rings (SSSR count). The molecule has 0 spiro atoms. The highest BCUT2D eigenvalue weighted by Gasteiger charge is 2.17. The van der Waals surface area contributed by atoms with Gasteiger partial charge in [0.05, 0.1) is 6.10 Å². The van der Waals surface area contributed by atoms with Gasteiger partial charge in [0.25, 0.3) is 5.56 Å². The van der Waals surface area contributed by atoms with Crippen molar-refractivity contribution in [2.24, 2.45) is 0 Å². The number of carbonyl (C=O) groups excluding carboxylic acids is 1. The van der Waals surface area contributed by atoms with Gasteiger partial charge in [-0.25, -0.2) is 0 Å². The fourth-order valence-electron chi connectivity index (χ4n) is 2.84. The maximum absolute atomic E-state index is 12.3. The number of hydrogen-bond acceptors (Lipinski definition) is 6. The second-order valence-electron chi connectivity index (χ2n) is 6.64. The number of H-pyrrole nitrogens is 1. The Kier molecular flexibility index (Phi) is 6.49. The van der Waals surface area contributed by atoms with Crippen molar-refractivity contribution >= 4 is 17.7 Å². The largest absolute Gasteiger partial charge is 0.491 e. The smallest absolute Gasteiger partial charge is 0.273 e. The van der Waals surface area contributed by atoms with Gasteiger partial charge >= 0.3 is 0 Å². The van der Waals surface area contributed by atoms with Crippen LogP contribution in [-0.4, -0.2) is 56.7 Å². The Labute approximate surface area is 162 Å². The van der Waals surface area contributed by atoms with Crippen LogP contribution in [0.4, 0.5) is 0 Å². The highest BCUT2D eigenvalue weighted by molar-refractivity contribution is 7.99. The van der Waals surface area contributed by atoms with Crippen LogP contribution in [0.25, 0.3) is 11.4 Å². The van der Waals surface area contributed by atoms with E-state index in [2.05, 4.69) is 15.2 Å². The fourth-order valence-corrected chi connectivity index (χ4v) is 3.74. The summed E-state index contributed by atoms with van der Waals surface area (Å²) >= 11 is 1.86. The zero-order valence-electron chi connectivity index (χ0n) is 15.6. The molecule has 0 atom stereocenters. The van der Waals surface area contributed by atoms with Crippen LogP contribution in [0.15, 0.2) is 29.1 Å². The second-order valence-corrected chi connectivity index (χ2v) is 7.86. The normalized spacial score (nSPS) is 14.4. The van der Waals surface area contributed by atoms with E-state index in [1.54, 1.807) is 0 Å². The highest BCUT2D eigenvalue weighted by Crippen LogP contribution is 2.20. The van der Waals surface area contributed by atoms with Crippen LogP contribution in [0.1, 0.15) is 26.0 Å². The summed E-state index contributed by atoms with van der Waals surface area (Å²) in [7, 11) is 0. The molecule has 1 aliphatic heterocycles. The Morgan fingerprint density at radius 1 is 1.30 bits per heavy atom. The molecule has 27 heavy (non-hydrogen) atoms. The second kappa shape index (κ2) is 9.03. The van der Waals surface area contributed by atoms with Crippen LogP contribution in [-0.2, 0) is 11.2 Å². The molecule has 144 valence electrons. The molecule has 0 bridgehead atoms. The van der Waals surface area contributed by atoms with Gasteiger partial charge < -0.3 is 14.6 Å². The van der Waals surface area contributed by atoms with Crippen molar-refractivity contribution in [3.05, 3.63) is 40.3 Å². The zero-order valence-corrected chi connectivity index (χ0v) is 16.4. The SMILES string of the molecule is CC(C)Oc1cccc(-c2nnc(CCC(=O)N3CCSCC3)c(=O)[nH]2)c1. The van der Waals surface area contributed by atoms with Crippen molar-refractivity contribution in [2.75, 3.05) is 24.6 Å². The van der Waals surface area contributed by atoms with Crippen molar-refractivity contribution in [3.63, 3.8) is 0 Å². The molecule has 0 aliphatic carbocycles. The van der Waals surface area contributed by atoms with E-state index in [4.69, 9.17) is 4.74 Å². The number of aryl methyl sites for hydroxylation is 1. The number of thioether (sulfide) groups is 1. The standard InChI is InChI=1S/C19H24N4O3S/c1-13(2)26-15-5-3-4-14(12-15)18-20-19(25)16(21-22-18)6-7-17(24)23-8-10-27-11-9-23/h3-5,12-13H,6-11H2,1-2H3,(H,20,22,25). The first-order valence-corrected chi connectivity index (χ1v) is 10.3. The van der Waals surface area contributed by atoms with Gasteiger partial charge in [0.1, 0.15) is 11.4 Å². The monoisotopic (exact) mass is 388 g/mol. The summed E-state index contributed by atoms with van der Waals surface area (Å²) in [5.74, 6) is 3.11. The van der Waals surface area contributed by atoms with E-state index in [-0.39, 0.29) is 29.7 Å². The lowest BCUT2D eigenvalue weighted by Gasteiger charge is -2.26. The number of carbonyl (C=O) groups is 1. The summed E-state index contributed by atoms with van der Waals surface area (Å²) in [5.41, 5.74) is 0.705. The Morgan fingerprint density at radius 3 is 2.78 bits per heavy atom. The number of amides is 1. The van der Waals surface area contributed by atoms with Crippen LogP contribution in [0.3, 0.4) is 0 Å². The minimum Gasteiger partial charge on any atom is -0.491 e. The molecule has 1 N–H and O–H groups in total. The molecule has 2 aromatic rings. The van der Waals surface area contributed by atoms with Crippen molar-refractivity contribution in [1.82, 2.24) is 20.1 Å². The Hall–Kier alpha value is -2.35. The van der Waals surface area contributed by atoms with Gasteiger partial charge in [0.15, 0.2) is 5.82 Å². The van der Waals surface area contributed by atoms with Gasteiger partial charge in [0.2, 0.25) is 5.91 Å². The number of rotatable bonds is 6. The van der Waals surface area contributed by atoms with Crippen LogP contribution >= 0.6 is 11.8 Å². The summed E-state index contributed by atoms with van der Waals surface area (Å²) in [6, 6.07) is 7.35. The molecule has 1 aromatic carbocycles. The minimum absolute atomic E-state index is 0.0591. The molecule has 0 saturated carbocycles. The Bertz CT molecular complexity index is 847. The van der Waals surface area contributed by atoms with Crippen LogP contribution in [0.2, 0.25) is 0 Å². The summed E-state index contributed by atoms with van der Waals surface area (Å²) < 4.78 is 5.67. The molecule has 1 aromatic heterocycles. The predicted molar refractivity (Wildman–Crippen MR) is 106 cm³/mol. The molecular weight excluding hydrogens is 364 g/mol. The number of aromatic nitrogens is 3. The van der Waals surface area contributed by atoms with E-state index >= 15 is 0 Å². The van der Waals surface area contributed by atoms with Gasteiger partial charge in [-0.1, -0.05) is 12.1 Å². The van der Waals surface area contributed by atoms with Crippen molar-refractivity contribution in [3.8, 4) is 17.1 Å². The maximum atomic E-state index is 12.3. The van der Waals surface area contributed by atoms with Gasteiger partial charge in [-0.05, 0) is 26.0 Å². The lowest BCUT2D eigenvalue weighted by Crippen LogP contribution is -2.38. The van der Waals surface area contributed by atoms with Gasteiger partial charge in [-0.15, -0.1) is 10.2 Å². The molecular formula is C19H24N4O3S.